The molecule has 0 aliphatic heterocycles. The van der Waals surface area contributed by atoms with Crippen LogP contribution in [0.25, 0.3) is 0 Å². The maximum Gasteiger partial charge on any atom is 0.283 e. The highest BCUT2D eigenvalue weighted by atomic mass is 35.5. The highest BCUT2D eigenvalue weighted by Crippen LogP contribution is 2.64. The van der Waals surface area contributed by atoms with Crippen molar-refractivity contribution in [2.75, 3.05) is 11.1 Å². The van der Waals surface area contributed by atoms with Crippen molar-refractivity contribution in [2.24, 2.45) is 17.3 Å². The van der Waals surface area contributed by atoms with Gasteiger partial charge < -0.3 is 5.32 Å². The van der Waals surface area contributed by atoms with Crippen LogP contribution in [0, 0.1) is 17.3 Å². The van der Waals surface area contributed by atoms with Crippen molar-refractivity contribution in [2.45, 2.75) is 43.4 Å². The van der Waals surface area contributed by atoms with E-state index >= 15 is 0 Å². The van der Waals surface area contributed by atoms with Crippen molar-refractivity contribution in [1.29, 1.82) is 0 Å². The molecule has 4 aliphatic rings. The minimum atomic E-state index is 0.0422. The summed E-state index contributed by atoms with van der Waals surface area (Å²) in [7, 11) is 0. The average molecular weight is 336 g/mol. The molecule has 4 saturated carbocycles. The third-order valence-corrected chi connectivity index (χ3v) is 7.20. The van der Waals surface area contributed by atoms with Gasteiger partial charge in [-0.3, -0.25) is 4.79 Å². The number of nitrogens with one attached hydrogen (secondary N) is 1. The molecule has 1 N–H and O–H groups in total. The van der Waals surface area contributed by atoms with Gasteiger partial charge in [0.05, 0.1) is 0 Å². The summed E-state index contributed by atoms with van der Waals surface area (Å²) in [5, 5.41) is 3.04. The maximum atomic E-state index is 12.2. The third kappa shape index (κ3) is 2.90. The molecule has 5 rings (SSSR count). The van der Waals surface area contributed by atoms with Crippen LogP contribution in [-0.2, 0) is 0 Å². The lowest BCUT2D eigenvalue weighted by Gasteiger charge is -2.60. The van der Waals surface area contributed by atoms with E-state index in [1.807, 2.05) is 30.3 Å². The number of anilines is 1. The summed E-state index contributed by atoms with van der Waals surface area (Å²) in [6, 6.07) is 9.69. The van der Waals surface area contributed by atoms with Crippen LogP contribution in [0.2, 0.25) is 0 Å². The molecule has 2 atom stereocenters. The van der Waals surface area contributed by atoms with Gasteiger partial charge in [-0.15, -0.1) is 11.6 Å². The predicted molar refractivity (Wildman–Crippen MR) is 93.6 cm³/mol. The molecule has 1 aromatic rings. The zero-order chi connectivity index (χ0) is 15.2. The molecule has 118 valence electrons. The molecule has 0 aromatic heterocycles. The van der Waals surface area contributed by atoms with Crippen LogP contribution >= 0.6 is 23.4 Å². The summed E-state index contributed by atoms with van der Waals surface area (Å²) in [5.41, 5.74) is 1.18. The van der Waals surface area contributed by atoms with Gasteiger partial charge in [0.1, 0.15) is 0 Å². The number of carbonyl (C=O) groups excluding carboxylic acids is 1. The van der Waals surface area contributed by atoms with Crippen LogP contribution in [0.3, 0.4) is 0 Å². The molecule has 4 bridgehead atoms. The number of hydrogen-bond acceptors (Lipinski definition) is 2. The number of benzene rings is 1. The predicted octanol–water partition coefficient (Wildman–Crippen LogP) is 5.53. The SMILES string of the molecule is O=C(Nc1ccccc1)SCC12CC3CC(CC(Cl)(C3)C1)C2. The number of amides is 1. The van der Waals surface area contributed by atoms with E-state index < -0.39 is 0 Å². The lowest BCUT2D eigenvalue weighted by Crippen LogP contribution is -2.54. The van der Waals surface area contributed by atoms with Gasteiger partial charge in [-0.25, -0.2) is 0 Å². The van der Waals surface area contributed by atoms with Gasteiger partial charge in [-0.2, -0.15) is 0 Å². The fraction of sp³-hybridized carbons (Fsp3) is 0.611. The van der Waals surface area contributed by atoms with E-state index in [9.17, 15) is 4.79 Å². The van der Waals surface area contributed by atoms with Crippen LogP contribution in [0.1, 0.15) is 38.5 Å². The summed E-state index contributed by atoms with van der Waals surface area (Å²) in [5.74, 6) is 2.53. The van der Waals surface area contributed by atoms with Crippen molar-refractivity contribution in [1.82, 2.24) is 0 Å². The van der Waals surface area contributed by atoms with Crippen molar-refractivity contribution in [3.8, 4) is 0 Å². The Morgan fingerprint density at radius 3 is 2.50 bits per heavy atom. The second-order valence-corrected chi connectivity index (χ2v) is 9.43. The molecule has 4 fully saturated rings. The second kappa shape index (κ2) is 5.45. The van der Waals surface area contributed by atoms with E-state index in [1.165, 1.54) is 43.9 Å². The Hall–Kier alpha value is -0.670. The van der Waals surface area contributed by atoms with Crippen LogP contribution in [-0.4, -0.2) is 15.9 Å². The molecular weight excluding hydrogens is 314 g/mol. The van der Waals surface area contributed by atoms with Gasteiger partial charge in [0.2, 0.25) is 0 Å². The fourth-order valence-corrected chi connectivity index (χ4v) is 7.08. The second-order valence-electron chi connectivity index (χ2n) is 7.68. The first-order valence-electron chi connectivity index (χ1n) is 8.22. The Balaban J connectivity index is 1.38. The first kappa shape index (κ1) is 14.9. The molecule has 2 nitrogen and oxygen atoms in total. The zero-order valence-electron chi connectivity index (χ0n) is 12.7. The first-order chi connectivity index (χ1) is 10.5. The van der Waals surface area contributed by atoms with Crippen molar-refractivity contribution in [3.63, 3.8) is 0 Å². The van der Waals surface area contributed by atoms with Crippen LogP contribution in [0.15, 0.2) is 30.3 Å². The van der Waals surface area contributed by atoms with E-state index in [0.29, 0.717) is 5.41 Å². The van der Waals surface area contributed by atoms with E-state index in [1.54, 1.807) is 0 Å². The van der Waals surface area contributed by atoms with Gasteiger partial charge in [0, 0.05) is 16.3 Å². The highest BCUT2D eigenvalue weighted by molar-refractivity contribution is 8.13. The largest absolute Gasteiger partial charge is 0.317 e. The summed E-state index contributed by atoms with van der Waals surface area (Å²) in [4.78, 5) is 12.2. The smallest absolute Gasteiger partial charge is 0.283 e. The van der Waals surface area contributed by atoms with Crippen molar-refractivity contribution in [3.05, 3.63) is 30.3 Å². The quantitative estimate of drug-likeness (QED) is 0.736. The van der Waals surface area contributed by atoms with Crippen LogP contribution in [0.4, 0.5) is 10.5 Å². The van der Waals surface area contributed by atoms with Gasteiger partial charge in [-0.05, 0) is 67.9 Å². The van der Waals surface area contributed by atoms with E-state index in [4.69, 9.17) is 11.6 Å². The summed E-state index contributed by atoms with van der Waals surface area (Å²) in [6.45, 7) is 0. The van der Waals surface area contributed by atoms with Gasteiger partial charge in [-0.1, -0.05) is 30.0 Å². The molecule has 1 amide bonds. The molecule has 1 aromatic carbocycles. The summed E-state index contributed by atoms with van der Waals surface area (Å²) in [6.07, 6.45) is 7.45. The number of alkyl halides is 1. The monoisotopic (exact) mass is 335 g/mol. The number of hydrogen-bond donors (Lipinski definition) is 1. The van der Waals surface area contributed by atoms with E-state index in [0.717, 1.165) is 29.7 Å². The molecule has 0 spiro atoms. The number of para-hydroxylation sites is 1. The van der Waals surface area contributed by atoms with Gasteiger partial charge >= 0.3 is 0 Å². The number of rotatable bonds is 3. The Labute approximate surface area is 141 Å². The topological polar surface area (TPSA) is 29.1 Å². The molecule has 0 radical (unpaired) electrons. The van der Waals surface area contributed by atoms with Crippen molar-refractivity contribution >= 4 is 34.3 Å². The molecule has 0 saturated heterocycles. The summed E-state index contributed by atoms with van der Waals surface area (Å²) < 4.78 is 0. The Morgan fingerprint density at radius 2 is 1.86 bits per heavy atom. The fourth-order valence-electron chi connectivity index (χ4n) is 5.40. The first-order valence-corrected chi connectivity index (χ1v) is 9.58. The molecular formula is C18H22ClNOS. The number of carbonyl (C=O) groups is 1. The highest BCUT2D eigenvalue weighted by Gasteiger charge is 2.56. The molecule has 2 unspecified atom stereocenters. The van der Waals surface area contributed by atoms with Crippen molar-refractivity contribution < 1.29 is 4.79 Å². The standard InChI is InChI=1S/C18H22ClNOS/c19-18-9-13-6-14(10-18)8-17(7-13,11-18)12-22-16(21)20-15-4-2-1-3-5-15/h1-5,13-14H,6-12H2,(H,20,21). The maximum absolute atomic E-state index is 12.2. The molecule has 0 heterocycles. The number of thioether (sulfide) groups is 1. The minimum absolute atomic E-state index is 0.0422. The molecule has 4 aliphatic carbocycles. The van der Waals surface area contributed by atoms with E-state index in [-0.39, 0.29) is 10.1 Å². The summed E-state index contributed by atoms with van der Waals surface area (Å²) >= 11 is 8.31. The van der Waals surface area contributed by atoms with Crippen LogP contribution in [0.5, 0.6) is 0 Å². The van der Waals surface area contributed by atoms with Crippen LogP contribution < -0.4 is 5.32 Å². The average Bonchev–Trinajstić information content (AvgIpc) is 2.44. The minimum Gasteiger partial charge on any atom is -0.317 e. The van der Waals surface area contributed by atoms with Gasteiger partial charge in [0.15, 0.2) is 0 Å². The lowest BCUT2D eigenvalue weighted by molar-refractivity contribution is -0.0249. The molecule has 22 heavy (non-hydrogen) atoms. The zero-order valence-corrected chi connectivity index (χ0v) is 14.3. The Morgan fingerprint density at radius 1 is 1.18 bits per heavy atom. The lowest BCUT2D eigenvalue weighted by atomic mass is 9.50. The normalized spacial score (nSPS) is 39.0. The third-order valence-electron chi connectivity index (χ3n) is 5.64. The van der Waals surface area contributed by atoms with Gasteiger partial charge in [0.25, 0.3) is 5.24 Å². The Kier molecular flexibility index (Phi) is 3.69. The molecule has 4 heteroatoms. The van der Waals surface area contributed by atoms with E-state index in [2.05, 4.69) is 5.32 Å². The Bertz CT molecular complexity index is 562. The number of halogens is 1.